The highest BCUT2D eigenvalue weighted by Crippen LogP contribution is 2.19. The van der Waals surface area contributed by atoms with Crippen LogP contribution in [0.15, 0.2) is 48.8 Å². The summed E-state index contributed by atoms with van der Waals surface area (Å²) in [6.45, 7) is 2.51. The highest BCUT2D eigenvalue weighted by atomic mass is 16.2. The second kappa shape index (κ2) is 8.55. The molecule has 27 heavy (non-hydrogen) atoms. The first-order valence-electron chi connectivity index (χ1n) is 8.87. The molecule has 0 aliphatic carbocycles. The highest BCUT2D eigenvalue weighted by molar-refractivity contribution is 5.83. The number of carbonyl (C=O) groups excluding carboxylic acids is 1. The molecule has 1 atom stereocenters. The fourth-order valence-electron chi connectivity index (χ4n) is 2.96. The van der Waals surface area contributed by atoms with Gasteiger partial charge >= 0.3 is 0 Å². The number of amides is 1. The van der Waals surface area contributed by atoms with E-state index in [1.807, 2.05) is 62.3 Å². The van der Waals surface area contributed by atoms with Gasteiger partial charge < -0.3 is 5.32 Å². The first kappa shape index (κ1) is 18.7. The minimum atomic E-state index is -0.328. The van der Waals surface area contributed by atoms with Crippen LogP contribution in [0.25, 0.3) is 11.4 Å². The number of hydrogen-bond acceptors (Lipinski definition) is 5. The monoisotopic (exact) mass is 364 g/mol. The minimum Gasteiger partial charge on any atom is -0.354 e. The van der Waals surface area contributed by atoms with Crippen molar-refractivity contribution in [1.29, 1.82) is 0 Å². The van der Waals surface area contributed by atoms with Crippen molar-refractivity contribution >= 4 is 5.91 Å². The number of likely N-dealkylation sites (N-methyl/N-ethyl adjacent to an activating group) is 1. The van der Waals surface area contributed by atoms with Crippen molar-refractivity contribution in [2.24, 2.45) is 0 Å². The number of benzene rings is 1. The molecule has 0 saturated carbocycles. The SMILES string of the molecule is Cc1cccc([C@@H](C(=O)NCCc2nc(-c3cccnc3)n[nH]2)N(C)C)c1. The molecule has 0 aliphatic heterocycles. The molecule has 1 amide bonds. The standard InChI is InChI=1S/C20H24N6O/c1-14-6-4-7-15(12-14)18(26(2)3)20(27)22-11-9-17-23-19(25-24-17)16-8-5-10-21-13-16/h4-8,10,12-13,18H,9,11H2,1-3H3,(H,22,27)(H,23,24,25)/t18-/m0/s1. The summed E-state index contributed by atoms with van der Waals surface area (Å²) in [5, 5.41) is 10.1. The second-order valence-electron chi connectivity index (χ2n) is 6.67. The van der Waals surface area contributed by atoms with E-state index in [0.717, 1.165) is 22.5 Å². The number of nitrogens with one attached hydrogen (secondary N) is 2. The summed E-state index contributed by atoms with van der Waals surface area (Å²) < 4.78 is 0. The smallest absolute Gasteiger partial charge is 0.241 e. The van der Waals surface area contributed by atoms with Crippen LogP contribution in [0.3, 0.4) is 0 Å². The summed E-state index contributed by atoms with van der Waals surface area (Å²) in [7, 11) is 3.81. The molecular weight excluding hydrogens is 340 g/mol. The van der Waals surface area contributed by atoms with Gasteiger partial charge in [-0.3, -0.25) is 19.8 Å². The van der Waals surface area contributed by atoms with E-state index in [4.69, 9.17) is 0 Å². The third-order valence-electron chi connectivity index (χ3n) is 4.24. The van der Waals surface area contributed by atoms with Crippen LogP contribution in [0, 0.1) is 6.92 Å². The number of nitrogens with zero attached hydrogens (tertiary/aromatic N) is 4. The van der Waals surface area contributed by atoms with Gasteiger partial charge in [0, 0.05) is 30.9 Å². The Hall–Kier alpha value is -3.06. The Morgan fingerprint density at radius 1 is 1.26 bits per heavy atom. The summed E-state index contributed by atoms with van der Waals surface area (Å²) in [4.78, 5) is 23.2. The molecule has 140 valence electrons. The number of aromatic amines is 1. The lowest BCUT2D eigenvalue weighted by Crippen LogP contribution is -2.38. The van der Waals surface area contributed by atoms with Crippen LogP contribution < -0.4 is 5.32 Å². The van der Waals surface area contributed by atoms with Crippen LogP contribution >= 0.6 is 0 Å². The zero-order valence-electron chi connectivity index (χ0n) is 15.8. The minimum absolute atomic E-state index is 0.0300. The Balaban J connectivity index is 1.59. The molecule has 2 aromatic heterocycles. The third kappa shape index (κ3) is 4.77. The maximum Gasteiger partial charge on any atom is 0.241 e. The molecule has 0 radical (unpaired) electrons. The molecule has 2 N–H and O–H groups in total. The number of H-pyrrole nitrogens is 1. The van der Waals surface area contributed by atoms with E-state index < -0.39 is 0 Å². The topological polar surface area (TPSA) is 86.8 Å². The Labute approximate surface area is 158 Å². The van der Waals surface area contributed by atoms with Crippen molar-refractivity contribution in [1.82, 2.24) is 30.4 Å². The predicted molar refractivity (Wildman–Crippen MR) is 104 cm³/mol. The Morgan fingerprint density at radius 3 is 2.81 bits per heavy atom. The normalized spacial score (nSPS) is 12.1. The molecule has 3 aromatic rings. The van der Waals surface area contributed by atoms with Gasteiger partial charge in [0.1, 0.15) is 11.9 Å². The van der Waals surface area contributed by atoms with Crippen molar-refractivity contribution in [2.45, 2.75) is 19.4 Å². The number of carbonyl (C=O) groups is 1. The van der Waals surface area contributed by atoms with Gasteiger partial charge in [-0.25, -0.2) is 4.98 Å². The van der Waals surface area contributed by atoms with Crippen LogP contribution in [0.1, 0.15) is 23.0 Å². The summed E-state index contributed by atoms with van der Waals surface area (Å²) in [6, 6.07) is 11.4. The van der Waals surface area contributed by atoms with Crippen LogP contribution in [-0.4, -0.2) is 51.6 Å². The molecule has 3 rings (SSSR count). The van der Waals surface area contributed by atoms with E-state index in [1.54, 1.807) is 12.4 Å². The van der Waals surface area contributed by atoms with E-state index in [2.05, 4.69) is 25.5 Å². The van der Waals surface area contributed by atoms with Crippen molar-refractivity contribution in [3.8, 4) is 11.4 Å². The maximum atomic E-state index is 12.7. The molecule has 0 fully saturated rings. The molecule has 0 spiro atoms. The number of aromatic nitrogens is 4. The van der Waals surface area contributed by atoms with Crippen molar-refractivity contribution in [3.05, 3.63) is 65.7 Å². The van der Waals surface area contributed by atoms with Crippen molar-refractivity contribution in [2.75, 3.05) is 20.6 Å². The van der Waals surface area contributed by atoms with Gasteiger partial charge in [-0.05, 0) is 38.7 Å². The molecule has 7 heteroatoms. The fraction of sp³-hybridized carbons (Fsp3) is 0.300. The molecule has 7 nitrogen and oxygen atoms in total. The Morgan fingerprint density at radius 2 is 2.11 bits per heavy atom. The van der Waals surface area contributed by atoms with E-state index >= 15 is 0 Å². The Kier molecular flexibility index (Phi) is 5.93. The second-order valence-corrected chi connectivity index (χ2v) is 6.67. The molecule has 0 aliphatic rings. The molecule has 0 unspecified atom stereocenters. The molecule has 1 aromatic carbocycles. The van der Waals surface area contributed by atoms with E-state index in [-0.39, 0.29) is 11.9 Å². The highest BCUT2D eigenvalue weighted by Gasteiger charge is 2.22. The van der Waals surface area contributed by atoms with E-state index in [1.165, 1.54) is 0 Å². The first-order valence-corrected chi connectivity index (χ1v) is 8.87. The summed E-state index contributed by atoms with van der Waals surface area (Å²) in [6.07, 6.45) is 4.01. The fourth-order valence-corrected chi connectivity index (χ4v) is 2.96. The average molecular weight is 364 g/mol. The predicted octanol–water partition coefficient (Wildman–Crippen LogP) is 2.14. The number of pyridine rings is 1. The summed E-state index contributed by atoms with van der Waals surface area (Å²) in [5.41, 5.74) is 2.98. The van der Waals surface area contributed by atoms with Crippen LogP contribution in [0.2, 0.25) is 0 Å². The van der Waals surface area contributed by atoms with Crippen LogP contribution in [0.4, 0.5) is 0 Å². The average Bonchev–Trinajstić information content (AvgIpc) is 3.11. The lowest BCUT2D eigenvalue weighted by atomic mass is 10.0. The van der Waals surface area contributed by atoms with Crippen LogP contribution in [-0.2, 0) is 11.2 Å². The largest absolute Gasteiger partial charge is 0.354 e. The third-order valence-corrected chi connectivity index (χ3v) is 4.24. The first-order chi connectivity index (χ1) is 13.0. The summed E-state index contributed by atoms with van der Waals surface area (Å²) in [5.74, 6) is 1.30. The molecule has 0 bridgehead atoms. The van der Waals surface area contributed by atoms with Gasteiger partial charge in [0.15, 0.2) is 5.82 Å². The maximum absolute atomic E-state index is 12.7. The molecule has 2 heterocycles. The molecule has 0 saturated heterocycles. The van der Waals surface area contributed by atoms with E-state index in [9.17, 15) is 4.79 Å². The number of aryl methyl sites for hydroxylation is 1. The van der Waals surface area contributed by atoms with Gasteiger partial charge in [0.05, 0.1) is 0 Å². The van der Waals surface area contributed by atoms with Gasteiger partial charge in [0.25, 0.3) is 0 Å². The van der Waals surface area contributed by atoms with Crippen molar-refractivity contribution in [3.63, 3.8) is 0 Å². The number of hydrogen-bond donors (Lipinski definition) is 2. The van der Waals surface area contributed by atoms with Gasteiger partial charge in [-0.2, -0.15) is 5.10 Å². The lowest BCUT2D eigenvalue weighted by molar-refractivity contribution is -0.125. The zero-order valence-corrected chi connectivity index (χ0v) is 15.8. The zero-order chi connectivity index (χ0) is 19.2. The Bertz CT molecular complexity index is 890. The van der Waals surface area contributed by atoms with Gasteiger partial charge in [0.2, 0.25) is 5.91 Å². The van der Waals surface area contributed by atoms with Gasteiger partial charge in [-0.15, -0.1) is 0 Å². The summed E-state index contributed by atoms with van der Waals surface area (Å²) >= 11 is 0. The van der Waals surface area contributed by atoms with Gasteiger partial charge in [-0.1, -0.05) is 29.8 Å². The lowest BCUT2D eigenvalue weighted by Gasteiger charge is -2.24. The quantitative estimate of drug-likeness (QED) is 0.671. The van der Waals surface area contributed by atoms with E-state index in [0.29, 0.717) is 18.8 Å². The number of rotatable bonds is 7. The molecular formula is C20H24N6O. The van der Waals surface area contributed by atoms with Crippen molar-refractivity contribution < 1.29 is 4.79 Å². The van der Waals surface area contributed by atoms with Crippen LogP contribution in [0.5, 0.6) is 0 Å².